The average molecular weight is 276 g/mol. The second kappa shape index (κ2) is 6.14. The third kappa shape index (κ3) is 3.41. The fraction of sp³-hybridized carbons (Fsp3) is 0.167. The Kier molecular flexibility index (Phi) is 4.30. The van der Waals surface area contributed by atoms with Gasteiger partial charge in [0.1, 0.15) is 10.7 Å². The van der Waals surface area contributed by atoms with Crippen molar-refractivity contribution >= 4 is 23.1 Å². The van der Waals surface area contributed by atoms with Crippen LogP contribution in [0.4, 0.5) is 11.4 Å². The Morgan fingerprint density at radius 2 is 2.26 bits per heavy atom. The van der Waals surface area contributed by atoms with Gasteiger partial charge in [-0.15, -0.1) is 11.8 Å². The minimum Gasteiger partial charge on any atom is -0.383 e. The van der Waals surface area contributed by atoms with Crippen LogP contribution in [-0.4, -0.2) is 21.9 Å². The van der Waals surface area contributed by atoms with Gasteiger partial charge in [0.15, 0.2) is 0 Å². The zero-order valence-electron chi connectivity index (χ0n) is 10.2. The summed E-state index contributed by atoms with van der Waals surface area (Å²) in [7, 11) is 1.66. The molecular formula is C12H12N4O2S. The molecule has 0 saturated heterocycles. The molecule has 0 saturated carbocycles. The van der Waals surface area contributed by atoms with E-state index in [1.165, 1.54) is 11.8 Å². The van der Waals surface area contributed by atoms with Gasteiger partial charge in [-0.1, -0.05) is 6.07 Å². The first kappa shape index (κ1) is 13.3. The number of nitro groups is 1. The van der Waals surface area contributed by atoms with Gasteiger partial charge in [-0.05, 0) is 11.6 Å². The van der Waals surface area contributed by atoms with E-state index in [1.54, 1.807) is 37.8 Å². The second-order valence-corrected chi connectivity index (χ2v) is 4.69. The molecule has 0 unspecified atom stereocenters. The molecule has 7 heteroatoms. The van der Waals surface area contributed by atoms with Gasteiger partial charge < -0.3 is 5.32 Å². The Balaban J connectivity index is 2.13. The highest BCUT2D eigenvalue weighted by molar-refractivity contribution is 7.98. The minimum absolute atomic E-state index is 0.0831. The van der Waals surface area contributed by atoms with Crippen LogP contribution in [0.25, 0.3) is 0 Å². The van der Waals surface area contributed by atoms with Crippen molar-refractivity contribution in [3.63, 3.8) is 0 Å². The zero-order chi connectivity index (χ0) is 13.7. The Morgan fingerprint density at radius 3 is 2.89 bits per heavy atom. The predicted molar refractivity (Wildman–Crippen MR) is 74.2 cm³/mol. The van der Waals surface area contributed by atoms with Gasteiger partial charge in [-0.25, -0.2) is 4.98 Å². The predicted octanol–water partition coefficient (Wildman–Crippen LogP) is 2.72. The fourth-order valence-corrected chi connectivity index (χ4v) is 2.31. The van der Waals surface area contributed by atoms with Crippen molar-refractivity contribution in [1.82, 2.24) is 9.97 Å². The fourth-order valence-electron chi connectivity index (χ4n) is 1.55. The lowest BCUT2D eigenvalue weighted by atomic mass is 10.2. The number of thioether (sulfide) groups is 1. The molecule has 1 N–H and O–H groups in total. The van der Waals surface area contributed by atoms with Gasteiger partial charge in [0.2, 0.25) is 0 Å². The van der Waals surface area contributed by atoms with Crippen molar-refractivity contribution in [3.8, 4) is 0 Å². The van der Waals surface area contributed by atoms with Crippen molar-refractivity contribution in [2.45, 2.75) is 10.8 Å². The summed E-state index contributed by atoms with van der Waals surface area (Å²) in [6.07, 6.45) is 4.90. The van der Waals surface area contributed by atoms with Gasteiger partial charge in [-0.3, -0.25) is 15.1 Å². The number of nitrogens with zero attached hydrogens (tertiary/aromatic N) is 3. The van der Waals surface area contributed by atoms with E-state index in [1.807, 2.05) is 6.07 Å². The first-order chi connectivity index (χ1) is 9.20. The van der Waals surface area contributed by atoms with Crippen molar-refractivity contribution < 1.29 is 4.92 Å². The van der Waals surface area contributed by atoms with Crippen molar-refractivity contribution in [1.29, 1.82) is 0 Å². The van der Waals surface area contributed by atoms with E-state index in [4.69, 9.17) is 0 Å². The molecule has 2 rings (SSSR count). The largest absolute Gasteiger partial charge is 0.383 e. The summed E-state index contributed by atoms with van der Waals surface area (Å²) in [5.74, 6) is 0.615. The van der Waals surface area contributed by atoms with E-state index in [-0.39, 0.29) is 10.6 Å². The highest BCUT2D eigenvalue weighted by Gasteiger charge is 2.13. The summed E-state index contributed by atoms with van der Waals surface area (Å²) in [4.78, 5) is 18.7. The Hall–Kier alpha value is -2.15. The van der Waals surface area contributed by atoms with Crippen LogP contribution in [0.15, 0.2) is 41.8 Å². The molecule has 1 heterocycles. The van der Waals surface area contributed by atoms with Crippen LogP contribution in [0.5, 0.6) is 0 Å². The highest BCUT2D eigenvalue weighted by Crippen LogP contribution is 2.28. The van der Waals surface area contributed by atoms with Crippen LogP contribution in [-0.2, 0) is 5.75 Å². The minimum atomic E-state index is -0.387. The third-order valence-corrected chi connectivity index (χ3v) is 3.44. The van der Waals surface area contributed by atoms with Crippen LogP contribution in [0.2, 0.25) is 0 Å². The quantitative estimate of drug-likeness (QED) is 0.513. The maximum atomic E-state index is 10.9. The number of nitro benzene ring substituents is 1. The maximum absolute atomic E-state index is 10.9. The van der Waals surface area contributed by atoms with Crippen molar-refractivity contribution in [2.24, 2.45) is 0 Å². The molecule has 0 bridgehead atoms. The molecule has 6 nitrogen and oxygen atoms in total. The normalized spacial score (nSPS) is 10.2. The van der Waals surface area contributed by atoms with E-state index < -0.39 is 0 Å². The smallest absolute Gasteiger partial charge is 0.292 e. The summed E-state index contributed by atoms with van der Waals surface area (Å²) >= 11 is 1.49. The summed E-state index contributed by atoms with van der Waals surface area (Å²) < 4.78 is 0. The van der Waals surface area contributed by atoms with Crippen LogP contribution in [0, 0.1) is 10.1 Å². The molecule has 0 fully saturated rings. The number of aromatic nitrogens is 2. The Labute approximate surface area is 114 Å². The van der Waals surface area contributed by atoms with Gasteiger partial charge in [0.05, 0.1) is 11.1 Å². The third-order valence-electron chi connectivity index (χ3n) is 2.45. The zero-order valence-corrected chi connectivity index (χ0v) is 11.1. The lowest BCUT2D eigenvalue weighted by Crippen LogP contribution is -1.97. The number of hydrogen-bond acceptors (Lipinski definition) is 6. The lowest BCUT2D eigenvalue weighted by molar-refractivity contribution is -0.384. The monoisotopic (exact) mass is 276 g/mol. The Bertz CT molecular complexity index is 577. The summed E-state index contributed by atoms with van der Waals surface area (Å²) in [5.41, 5.74) is 1.47. The molecule has 0 aliphatic heterocycles. The highest BCUT2D eigenvalue weighted by atomic mass is 32.2. The molecule has 0 radical (unpaired) electrons. The van der Waals surface area contributed by atoms with E-state index >= 15 is 0 Å². The molecule has 1 aromatic carbocycles. The molecule has 2 aromatic rings. The average Bonchev–Trinajstić information content (AvgIpc) is 2.46. The van der Waals surface area contributed by atoms with E-state index in [2.05, 4.69) is 15.3 Å². The molecule has 0 amide bonds. The maximum Gasteiger partial charge on any atom is 0.292 e. The van der Waals surface area contributed by atoms with Gasteiger partial charge in [-0.2, -0.15) is 0 Å². The van der Waals surface area contributed by atoms with Gasteiger partial charge in [0, 0.05) is 31.3 Å². The van der Waals surface area contributed by atoms with Crippen LogP contribution in [0.3, 0.4) is 0 Å². The molecule has 0 spiro atoms. The SMILES string of the molecule is CNc1ccc(CSc2cnccn2)cc1[N+](=O)[O-]. The van der Waals surface area contributed by atoms with Crippen LogP contribution in [0.1, 0.15) is 5.56 Å². The number of rotatable bonds is 5. The summed E-state index contributed by atoms with van der Waals surface area (Å²) in [6, 6.07) is 5.15. The standard InChI is InChI=1S/C12H12N4O2S/c1-13-10-3-2-9(6-11(10)16(17)18)8-19-12-7-14-4-5-15-12/h2-7,13H,8H2,1H3. The molecule has 19 heavy (non-hydrogen) atoms. The van der Waals surface area contributed by atoms with Gasteiger partial charge in [0.25, 0.3) is 5.69 Å². The molecular weight excluding hydrogens is 264 g/mol. The van der Waals surface area contributed by atoms with Crippen LogP contribution < -0.4 is 5.32 Å². The lowest BCUT2D eigenvalue weighted by Gasteiger charge is -2.05. The number of anilines is 1. The second-order valence-electron chi connectivity index (χ2n) is 3.69. The Morgan fingerprint density at radius 1 is 1.42 bits per heavy atom. The van der Waals surface area contributed by atoms with E-state index in [0.717, 1.165) is 10.6 Å². The number of nitrogens with one attached hydrogen (secondary N) is 1. The van der Waals surface area contributed by atoms with E-state index in [0.29, 0.717) is 11.4 Å². The first-order valence-corrected chi connectivity index (χ1v) is 6.53. The van der Waals surface area contributed by atoms with Crippen molar-refractivity contribution in [2.75, 3.05) is 12.4 Å². The first-order valence-electron chi connectivity index (χ1n) is 5.54. The molecule has 0 aliphatic rings. The van der Waals surface area contributed by atoms with Crippen molar-refractivity contribution in [3.05, 3.63) is 52.5 Å². The van der Waals surface area contributed by atoms with Crippen LogP contribution >= 0.6 is 11.8 Å². The molecule has 0 atom stereocenters. The molecule has 1 aromatic heterocycles. The van der Waals surface area contributed by atoms with Gasteiger partial charge >= 0.3 is 0 Å². The van der Waals surface area contributed by atoms with E-state index in [9.17, 15) is 10.1 Å². The number of benzene rings is 1. The molecule has 98 valence electrons. The number of hydrogen-bond donors (Lipinski definition) is 1. The topological polar surface area (TPSA) is 81.0 Å². The molecule has 0 aliphatic carbocycles. The summed E-state index contributed by atoms with van der Waals surface area (Å²) in [6.45, 7) is 0. The summed E-state index contributed by atoms with van der Waals surface area (Å²) in [5, 5.41) is 14.5.